The topological polar surface area (TPSA) is 105 Å². The number of aromatic amines is 1. The Bertz CT molecular complexity index is 845. The largest absolute Gasteiger partial charge is 0.347 e. The van der Waals surface area contributed by atoms with Gasteiger partial charge in [0, 0.05) is 25.2 Å². The lowest BCUT2D eigenvalue weighted by Crippen LogP contribution is -2.47. The molecular formula is C17H20N8O. The van der Waals surface area contributed by atoms with Crippen LogP contribution in [0.15, 0.2) is 42.7 Å². The average molecular weight is 352 g/mol. The van der Waals surface area contributed by atoms with Crippen LogP contribution in [-0.4, -0.2) is 60.3 Å². The summed E-state index contributed by atoms with van der Waals surface area (Å²) >= 11 is 0. The zero-order valence-electron chi connectivity index (χ0n) is 14.2. The van der Waals surface area contributed by atoms with Gasteiger partial charge in [0.15, 0.2) is 5.82 Å². The van der Waals surface area contributed by atoms with Crippen molar-refractivity contribution in [1.29, 1.82) is 0 Å². The van der Waals surface area contributed by atoms with Crippen LogP contribution in [0.4, 0.5) is 0 Å². The fourth-order valence-electron chi connectivity index (χ4n) is 3.23. The SMILES string of the molecule is O=C(NC1CCCN(Cc2ccccc2)C1)c1cc(-n2cnnn2)n[nH]1. The van der Waals surface area contributed by atoms with E-state index in [-0.39, 0.29) is 11.9 Å². The Kier molecular flexibility index (Phi) is 4.69. The first-order valence-corrected chi connectivity index (χ1v) is 8.64. The molecule has 26 heavy (non-hydrogen) atoms. The van der Waals surface area contributed by atoms with Gasteiger partial charge in [-0.15, -0.1) is 5.10 Å². The third kappa shape index (κ3) is 3.77. The van der Waals surface area contributed by atoms with Crippen molar-refractivity contribution in [3.63, 3.8) is 0 Å². The molecule has 1 aliphatic heterocycles. The summed E-state index contributed by atoms with van der Waals surface area (Å²) in [6, 6.07) is 12.2. The van der Waals surface area contributed by atoms with Crippen molar-refractivity contribution in [2.45, 2.75) is 25.4 Å². The standard InChI is InChI=1S/C17H20N8O/c26-17(15-9-16(21-20-15)25-12-18-22-23-25)19-14-7-4-8-24(11-14)10-13-5-2-1-3-6-13/h1-3,5-6,9,12,14H,4,7-8,10-11H2,(H,19,26)(H,20,21). The van der Waals surface area contributed by atoms with E-state index in [1.54, 1.807) is 6.07 Å². The predicted octanol–water partition coefficient (Wildman–Crippen LogP) is 0.780. The van der Waals surface area contributed by atoms with Crippen LogP contribution in [0.3, 0.4) is 0 Å². The maximum atomic E-state index is 12.5. The molecule has 9 nitrogen and oxygen atoms in total. The second-order valence-electron chi connectivity index (χ2n) is 6.43. The number of piperidine rings is 1. The van der Waals surface area contributed by atoms with Crippen LogP contribution in [0.5, 0.6) is 0 Å². The molecule has 4 rings (SSSR count). The fourth-order valence-corrected chi connectivity index (χ4v) is 3.23. The van der Waals surface area contributed by atoms with E-state index in [4.69, 9.17) is 0 Å². The van der Waals surface area contributed by atoms with Crippen LogP contribution in [0.2, 0.25) is 0 Å². The van der Waals surface area contributed by atoms with E-state index < -0.39 is 0 Å². The number of H-pyrrole nitrogens is 1. The molecule has 0 saturated carbocycles. The smallest absolute Gasteiger partial charge is 0.269 e. The van der Waals surface area contributed by atoms with Gasteiger partial charge in [-0.3, -0.25) is 14.8 Å². The molecule has 1 unspecified atom stereocenters. The van der Waals surface area contributed by atoms with Crippen molar-refractivity contribution in [2.24, 2.45) is 0 Å². The molecule has 1 aliphatic rings. The van der Waals surface area contributed by atoms with E-state index in [1.807, 2.05) is 6.07 Å². The molecule has 3 aromatic rings. The summed E-state index contributed by atoms with van der Waals surface area (Å²) in [5.74, 6) is 0.317. The molecule has 1 aromatic carbocycles. The van der Waals surface area contributed by atoms with E-state index >= 15 is 0 Å². The van der Waals surface area contributed by atoms with Gasteiger partial charge in [-0.1, -0.05) is 30.3 Å². The molecule has 2 N–H and O–H groups in total. The van der Waals surface area contributed by atoms with E-state index in [2.05, 4.69) is 60.2 Å². The Morgan fingerprint density at radius 2 is 2.19 bits per heavy atom. The van der Waals surface area contributed by atoms with Gasteiger partial charge in [-0.25, -0.2) is 0 Å². The zero-order chi connectivity index (χ0) is 17.8. The number of carbonyl (C=O) groups excluding carboxylic acids is 1. The van der Waals surface area contributed by atoms with Crippen molar-refractivity contribution >= 4 is 5.91 Å². The number of likely N-dealkylation sites (tertiary alicyclic amines) is 1. The van der Waals surface area contributed by atoms with Crippen LogP contribution in [0.25, 0.3) is 5.82 Å². The molecule has 134 valence electrons. The van der Waals surface area contributed by atoms with Gasteiger partial charge >= 0.3 is 0 Å². The number of tetrazole rings is 1. The number of benzene rings is 1. The number of nitrogens with one attached hydrogen (secondary N) is 2. The third-order valence-electron chi connectivity index (χ3n) is 4.48. The number of amides is 1. The Morgan fingerprint density at radius 1 is 1.31 bits per heavy atom. The highest BCUT2D eigenvalue weighted by atomic mass is 16.2. The highest BCUT2D eigenvalue weighted by Gasteiger charge is 2.22. The molecule has 1 saturated heterocycles. The minimum Gasteiger partial charge on any atom is -0.347 e. The summed E-state index contributed by atoms with van der Waals surface area (Å²) in [4.78, 5) is 14.9. The van der Waals surface area contributed by atoms with Gasteiger partial charge in [0.2, 0.25) is 0 Å². The fraction of sp³-hybridized carbons (Fsp3) is 0.353. The Hall–Kier alpha value is -3.07. The number of rotatable bonds is 5. The molecule has 0 spiro atoms. The summed E-state index contributed by atoms with van der Waals surface area (Å²) in [5.41, 5.74) is 1.69. The first-order chi connectivity index (χ1) is 12.8. The number of nitrogens with zero attached hydrogens (tertiary/aromatic N) is 6. The number of carbonyl (C=O) groups is 1. The van der Waals surface area contributed by atoms with Crippen molar-refractivity contribution in [1.82, 2.24) is 40.6 Å². The first kappa shape index (κ1) is 16.4. The quantitative estimate of drug-likeness (QED) is 0.703. The molecular weight excluding hydrogens is 332 g/mol. The number of hydrogen-bond donors (Lipinski definition) is 2. The molecule has 1 atom stereocenters. The Balaban J connectivity index is 1.35. The number of hydrogen-bond acceptors (Lipinski definition) is 6. The van der Waals surface area contributed by atoms with Crippen LogP contribution < -0.4 is 5.32 Å². The highest BCUT2D eigenvalue weighted by molar-refractivity contribution is 5.92. The van der Waals surface area contributed by atoms with Gasteiger partial charge in [-0.2, -0.15) is 9.78 Å². The zero-order valence-corrected chi connectivity index (χ0v) is 14.2. The maximum Gasteiger partial charge on any atom is 0.269 e. The van der Waals surface area contributed by atoms with Crippen LogP contribution in [-0.2, 0) is 6.54 Å². The summed E-state index contributed by atoms with van der Waals surface area (Å²) < 4.78 is 1.40. The lowest BCUT2D eigenvalue weighted by Gasteiger charge is -2.33. The normalized spacial score (nSPS) is 17.9. The molecule has 2 aromatic heterocycles. The third-order valence-corrected chi connectivity index (χ3v) is 4.48. The van der Waals surface area contributed by atoms with Gasteiger partial charge in [0.1, 0.15) is 12.0 Å². The van der Waals surface area contributed by atoms with E-state index in [0.717, 1.165) is 32.5 Å². The van der Waals surface area contributed by atoms with Gasteiger partial charge in [0.25, 0.3) is 5.91 Å². The van der Waals surface area contributed by atoms with Gasteiger partial charge < -0.3 is 5.32 Å². The second-order valence-corrected chi connectivity index (χ2v) is 6.43. The van der Waals surface area contributed by atoms with Gasteiger partial charge in [-0.05, 0) is 35.4 Å². The molecule has 9 heteroatoms. The monoisotopic (exact) mass is 352 g/mol. The minimum absolute atomic E-state index is 0.125. The second kappa shape index (κ2) is 7.44. The van der Waals surface area contributed by atoms with Crippen molar-refractivity contribution < 1.29 is 4.79 Å². The Labute approximate surface area is 150 Å². The summed E-state index contributed by atoms with van der Waals surface area (Å²) in [6.07, 6.45) is 3.47. The molecule has 1 amide bonds. The molecule has 0 radical (unpaired) electrons. The maximum absolute atomic E-state index is 12.5. The van der Waals surface area contributed by atoms with Crippen molar-refractivity contribution in [3.8, 4) is 5.82 Å². The van der Waals surface area contributed by atoms with Crippen LogP contribution in [0, 0.1) is 0 Å². The summed E-state index contributed by atoms with van der Waals surface area (Å²) in [5, 5.41) is 20.8. The minimum atomic E-state index is -0.164. The molecule has 0 aliphatic carbocycles. The van der Waals surface area contributed by atoms with E-state index in [9.17, 15) is 4.79 Å². The average Bonchev–Trinajstić information content (AvgIpc) is 3.34. The lowest BCUT2D eigenvalue weighted by atomic mass is 10.0. The summed E-state index contributed by atoms with van der Waals surface area (Å²) in [6.45, 7) is 2.80. The number of aromatic nitrogens is 6. The predicted molar refractivity (Wildman–Crippen MR) is 93.5 cm³/mol. The van der Waals surface area contributed by atoms with Crippen LogP contribution in [0.1, 0.15) is 28.9 Å². The van der Waals surface area contributed by atoms with E-state index in [1.165, 1.54) is 16.6 Å². The molecule has 1 fully saturated rings. The van der Waals surface area contributed by atoms with E-state index in [0.29, 0.717) is 11.5 Å². The first-order valence-electron chi connectivity index (χ1n) is 8.64. The highest BCUT2D eigenvalue weighted by Crippen LogP contribution is 2.14. The lowest BCUT2D eigenvalue weighted by molar-refractivity contribution is 0.0895. The van der Waals surface area contributed by atoms with Crippen molar-refractivity contribution in [3.05, 3.63) is 54.0 Å². The molecule has 0 bridgehead atoms. The molecule has 3 heterocycles. The van der Waals surface area contributed by atoms with Crippen LogP contribution >= 0.6 is 0 Å². The summed E-state index contributed by atoms with van der Waals surface area (Å²) in [7, 11) is 0. The Morgan fingerprint density at radius 3 is 3.00 bits per heavy atom. The van der Waals surface area contributed by atoms with Crippen molar-refractivity contribution in [2.75, 3.05) is 13.1 Å². The van der Waals surface area contributed by atoms with Gasteiger partial charge in [0.05, 0.1) is 0 Å².